The highest BCUT2D eigenvalue weighted by Crippen LogP contribution is 2.23. The summed E-state index contributed by atoms with van der Waals surface area (Å²) in [5, 5.41) is 5.35. The van der Waals surface area contributed by atoms with Crippen LogP contribution in [0.4, 0.5) is 0 Å². The van der Waals surface area contributed by atoms with E-state index in [4.69, 9.17) is 4.74 Å². The van der Waals surface area contributed by atoms with E-state index in [0.717, 1.165) is 19.3 Å². The second-order valence-electron chi connectivity index (χ2n) is 7.14. The Morgan fingerprint density at radius 1 is 1.41 bits per heavy atom. The van der Waals surface area contributed by atoms with Gasteiger partial charge in [0.15, 0.2) is 6.10 Å². The summed E-state index contributed by atoms with van der Waals surface area (Å²) in [5.74, 6) is -0.329. The minimum Gasteiger partial charge on any atom is -0.452 e. The van der Waals surface area contributed by atoms with Crippen LogP contribution in [-0.4, -0.2) is 33.6 Å². The van der Waals surface area contributed by atoms with Crippen LogP contribution >= 0.6 is 11.3 Å². The van der Waals surface area contributed by atoms with Crippen LogP contribution in [0.15, 0.2) is 22.6 Å². The highest BCUT2D eigenvalue weighted by molar-refractivity contribution is 7.16. The standard InChI is InChI=1S/C19H25N3O4S/c1-12-5-3-4-6-15(12)21-17(24)13(2)26-16(23)7-9-22-11-20-18-14(19(22)25)8-10-27-18/h8,10-13,15H,3-7,9H2,1-2H3,(H,21,24). The van der Waals surface area contributed by atoms with Crippen molar-refractivity contribution >= 4 is 33.4 Å². The Hall–Kier alpha value is -2.22. The molecular formula is C19H25N3O4S. The molecule has 2 aromatic heterocycles. The number of nitrogens with zero attached hydrogens (tertiary/aromatic N) is 2. The Labute approximate surface area is 161 Å². The van der Waals surface area contributed by atoms with Gasteiger partial charge in [-0.05, 0) is 37.1 Å². The molecule has 3 rings (SSSR count). The highest BCUT2D eigenvalue weighted by Gasteiger charge is 2.26. The average Bonchev–Trinajstić information content (AvgIpc) is 3.12. The maximum absolute atomic E-state index is 12.3. The zero-order valence-corrected chi connectivity index (χ0v) is 16.5. The molecule has 2 aromatic rings. The SMILES string of the molecule is CC(OC(=O)CCn1cnc2sccc2c1=O)C(=O)NC1CCCCC1C. The normalized spacial score (nSPS) is 21.0. The quantitative estimate of drug-likeness (QED) is 0.764. The Bertz CT molecular complexity index is 875. The van der Waals surface area contributed by atoms with Crippen LogP contribution in [0.5, 0.6) is 0 Å². The summed E-state index contributed by atoms with van der Waals surface area (Å²) in [6.07, 6.45) is 4.99. The third-order valence-electron chi connectivity index (χ3n) is 5.12. The lowest BCUT2D eigenvalue weighted by Crippen LogP contribution is -2.46. The second kappa shape index (κ2) is 8.65. The molecular weight excluding hydrogens is 366 g/mol. The number of hydrogen-bond acceptors (Lipinski definition) is 6. The molecule has 0 spiro atoms. The lowest BCUT2D eigenvalue weighted by molar-refractivity contribution is -0.155. The third kappa shape index (κ3) is 4.74. The van der Waals surface area contributed by atoms with Crippen molar-refractivity contribution in [2.75, 3.05) is 0 Å². The van der Waals surface area contributed by atoms with Crippen LogP contribution in [0.1, 0.15) is 46.0 Å². The van der Waals surface area contributed by atoms with Gasteiger partial charge < -0.3 is 10.1 Å². The maximum atomic E-state index is 12.3. The van der Waals surface area contributed by atoms with Gasteiger partial charge in [-0.15, -0.1) is 11.3 Å². The van der Waals surface area contributed by atoms with Crippen LogP contribution in [-0.2, 0) is 20.9 Å². The highest BCUT2D eigenvalue weighted by atomic mass is 32.1. The molecule has 0 bridgehead atoms. The predicted octanol–water partition coefficient (Wildman–Crippen LogP) is 2.47. The number of fused-ring (bicyclic) bond motifs is 1. The first kappa shape index (κ1) is 19.5. The minimum atomic E-state index is -0.846. The van der Waals surface area contributed by atoms with Crippen LogP contribution in [0.2, 0.25) is 0 Å². The molecule has 146 valence electrons. The van der Waals surface area contributed by atoms with Crippen LogP contribution in [0, 0.1) is 5.92 Å². The fourth-order valence-corrected chi connectivity index (χ4v) is 4.13. The number of carbonyl (C=O) groups excluding carboxylic acids is 2. The summed E-state index contributed by atoms with van der Waals surface area (Å²) in [6.45, 7) is 3.88. The molecule has 1 aliphatic carbocycles. The van der Waals surface area contributed by atoms with E-state index < -0.39 is 12.1 Å². The maximum Gasteiger partial charge on any atom is 0.308 e. The summed E-state index contributed by atoms with van der Waals surface area (Å²) in [6, 6.07) is 1.87. The van der Waals surface area contributed by atoms with Crippen molar-refractivity contribution in [3.8, 4) is 0 Å². The summed E-state index contributed by atoms with van der Waals surface area (Å²) < 4.78 is 6.63. The van der Waals surface area contributed by atoms with Gasteiger partial charge in [-0.2, -0.15) is 0 Å². The molecule has 1 amide bonds. The topological polar surface area (TPSA) is 90.3 Å². The van der Waals surface area contributed by atoms with Gasteiger partial charge in [0, 0.05) is 12.6 Å². The van der Waals surface area contributed by atoms with E-state index in [2.05, 4.69) is 17.2 Å². The van der Waals surface area contributed by atoms with Gasteiger partial charge in [-0.3, -0.25) is 19.0 Å². The van der Waals surface area contributed by atoms with Crippen molar-refractivity contribution < 1.29 is 14.3 Å². The number of carbonyl (C=O) groups is 2. The number of aromatic nitrogens is 2. The van der Waals surface area contributed by atoms with Gasteiger partial charge in [0.2, 0.25) is 0 Å². The van der Waals surface area contributed by atoms with Crippen molar-refractivity contribution in [3.05, 3.63) is 28.1 Å². The summed E-state index contributed by atoms with van der Waals surface area (Å²) in [7, 11) is 0. The van der Waals surface area contributed by atoms with Crippen molar-refractivity contribution in [2.45, 2.75) is 64.6 Å². The molecule has 0 saturated heterocycles. The first-order valence-electron chi connectivity index (χ1n) is 9.38. The fourth-order valence-electron chi connectivity index (χ4n) is 3.40. The van der Waals surface area contributed by atoms with Gasteiger partial charge in [-0.1, -0.05) is 19.8 Å². The summed E-state index contributed by atoms with van der Waals surface area (Å²) in [5.41, 5.74) is -0.175. The number of rotatable bonds is 6. The molecule has 27 heavy (non-hydrogen) atoms. The van der Waals surface area contributed by atoms with E-state index in [-0.39, 0.29) is 30.5 Å². The second-order valence-corrected chi connectivity index (χ2v) is 8.04. The van der Waals surface area contributed by atoms with Gasteiger partial charge in [0.25, 0.3) is 11.5 Å². The van der Waals surface area contributed by atoms with Gasteiger partial charge >= 0.3 is 5.97 Å². The Morgan fingerprint density at radius 2 is 2.19 bits per heavy atom. The van der Waals surface area contributed by atoms with Gasteiger partial charge in [0.1, 0.15) is 4.83 Å². The van der Waals surface area contributed by atoms with E-state index in [9.17, 15) is 14.4 Å². The molecule has 8 heteroatoms. The van der Waals surface area contributed by atoms with Crippen LogP contribution in [0.25, 0.3) is 10.2 Å². The lowest BCUT2D eigenvalue weighted by atomic mass is 9.86. The number of amides is 1. The van der Waals surface area contributed by atoms with E-state index in [1.807, 2.05) is 5.38 Å². The number of esters is 1. The van der Waals surface area contributed by atoms with Crippen molar-refractivity contribution in [1.29, 1.82) is 0 Å². The molecule has 3 unspecified atom stereocenters. The molecule has 0 aliphatic heterocycles. The van der Waals surface area contributed by atoms with Crippen LogP contribution in [0.3, 0.4) is 0 Å². The number of hydrogen-bond donors (Lipinski definition) is 1. The molecule has 2 heterocycles. The lowest BCUT2D eigenvalue weighted by Gasteiger charge is -2.30. The first-order valence-corrected chi connectivity index (χ1v) is 10.3. The van der Waals surface area contributed by atoms with Gasteiger partial charge in [0.05, 0.1) is 18.1 Å². The third-order valence-corrected chi connectivity index (χ3v) is 5.94. The first-order chi connectivity index (χ1) is 13.0. The molecule has 1 N–H and O–H groups in total. The molecule has 1 aliphatic rings. The van der Waals surface area contributed by atoms with Crippen molar-refractivity contribution in [2.24, 2.45) is 5.92 Å². The van der Waals surface area contributed by atoms with E-state index in [1.165, 1.54) is 28.7 Å². The summed E-state index contributed by atoms with van der Waals surface area (Å²) in [4.78, 5) is 41.5. The number of aryl methyl sites for hydroxylation is 1. The Morgan fingerprint density at radius 3 is 2.96 bits per heavy atom. The van der Waals surface area contributed by atoms with E-state index >= 15 is 0 Å². The van der Waals surface area contributed by atoms with Crippen molar-refractivity contribution in [3.63, 3.8) is 0 Å². The average molecular weight is 391 g/mol. The fraction of sp³-hybridized carbons (Fsp3) is 0.579. The number of nitrogens with one attached hydrogen (secondary N) is 1. The van der Waals surface area contributed by atoms with Crippen LogP contribution < -0.4 is 10.9 Å². The van der Waals surface area contributed by atoms with E-state index in [0.29, 0.717) is 16.1 Å². The zero-order valence-electron chi connectivity index (χ0n) is 15.6. The Balaban J connectivity index is 1.49. The molecule has 1 saturated carbocycles. The summed E-state index contributed by atoms with van der Waals surface area (Å²) >= 11 is 1.40. The minimum absolute atomic E-state index is 0.00861. The molecule has 1 fully saturated rings. The van der Waals surface area contributed by atoms with Crippen molar-refractivity contribution in [1.82, 2.24) is 14.9 Å². The molecule has 0 aromatic carbocycles. The molecule has 7 nitrogen and oxygen atoms in total. The van der Waals surface area contributed by atoms with Gasteiger partial charge in [-0.25, -0.2) is 4.98 Å². The Kier molecular flexibility index (Phi) is 6.26. The molecule has 3 atom stereocenters. The predicted molar refractivity (Wildman–Crippen MR) is 104 cm³/mol. The zero-order chi connectivity index (χ0) is 19.4. The van der Waals surface area contributed by atoms with E-state index in [1.54, 1.807) is 13.0 Å². The smallest absolute Gasteiger partial charge is 0.308 e. The molecule has 0 radical (unpaired) electrons. The number of ether oxygens (including phenoxy) is 1. The monoisotopic (exact) mass is 391 g/mol. The largest absolute Gasteiger partial charge is 0.452 e. The number of thiophene rings is 1.